The lowest BCUT2D eigenvalue weighted by Crippen LogP contribution is -2.76. The number of Topliss-reactive ketones (excluding diaryl/α,β-unsaturated/α-hetero) is 1. The summed E-state index contributed by atoms with van der Waals surface area (Å²) in [5.74, 6) is 2.76. The molecular formula is C66H94O17. The minimum Gasteiger partial charge on any atom is -0.508 e. The van der Waals surface area contributed by atoms with Gasteiger partial charge in [-0.1, -0.05) is 71.9 Å². The average Bonchev–Trinajstić information content (AvgIpc) is 0.677. The van der Waals surface area contributed by atoms with Gasteiger partial charge in [-0.3, -0.25) is 4.79 Å². The van der Waals surface area contributed by atoms with E-state index in [1.165, 1.54) is 69.2 Å². The Morgan fingerprint density at radius 3 is 1.39 bits per heavy atom. The number of aliphatic hydroxyl groups excluding tert-OH is 4. The number of aromatic hydroxyl groups is 2. The first-order valence-electron chi connectivity index (χ1n) is 35.2. The number of methoxy groups -OCH3 is 3. The number of aliphatic hydroxyl groups is 4. The summed E-state index contributed by atoms with van der Waals surface area (Å²) >= 11 is 0. The summed E-state index contributed by atoms with van der Waals surface area (Å²) in [4.78, 5) is 45.6. The van der Waals surface area contributed by atoms with Crippen LogP contribution in [-0.2, 0) is 54.9 Å². The van der Waals surface area contributed by atoms with Crippen molar-refractivity contribution < 1.29 is 95.8 Å². The predicted molar refractivity (Wildman–Crippen MR) is 306 cm³/mol. The zero-order chi connectivity index (χ0) is 67.1. The van der Waals surface area contributed by atoms with Crippen molar-refractivity contribution in [3.63, 3.8) is 0 Å². The van der Waals surface area contributed by atoms with E-state index in [2.05, 4.69) is 4.74 Å². The summed E-state index contributed by atoms with van der Waals surface area (Å²) < 4.78 is 93.7. The molecule has 3 aromatic carbocycles. The highest BCUT2D eigenvalue weighted by Gasteiger charge is 2.78. The van der Waals surface area contributed by atoms with E-state index >= 15 is 0 Å². The molecule has 12 saturated carbocycles. The zero-order valence-electron chi connectivity index (χ0n) is 57.7. The summed E-state index contributed by atoms with van der Waals surface area (Å²) in [6, 6.07) is 18.3. The monoisotopic (exact) mass is 1170 g/mol. The van der Waals surface area contributed by atoms with Gasteiger partial charge in [0, 0.05) is 37.0 Å². The van der Waals surface area contributed by atoms with Gasteiger partial charge < -0.3 is 54.3 Å². The molecule has 12 bridgehead atoms. The molecule has 6 N–H and O–H groups in total. The van der Waals surface area contributed by atoms with Gasteiger partial charge in [0.15, 0.2) is 11.2 Å². The molecule has 460 valence electrons. The number of carbonyl (C=O) groups excluding carboxylic acids is 2. The standard InChI is InChI=1S/C24H32O9.C18H22O4.C10H14O.C8H8O3.3C2H6/c1-29-24(23(32-33-24)15-6-12-5-13(8-15)9-16(23)7-12)14-3-2-4-17(10-14)30-22-21(28)20(27)19(26)18(11-25)31-22;1-20-18(13-3-2-4-16(19)10-13)17(21-22-18)14-6-11-5-12(8-14)9-15(17)7-11;11-10-8-2-6-1-7(4-8)5-9(10)3-6;1-11-8(10)6-3-2-4-7(9)5-6;3*1-2/h2-4,10,12-13,15-16,18-22,25-28H,5-9,11H2,1H3;2-4,10-12,14-15,19H,5-9H2,1H3;6-9H,1-5H2;2-5,9H,1H3;3*1-2H3/t12?,13?,15?,16?,18?,19-,20-,21?,22+,23?,24?;;;;;;/m0....../s1/i2*1D3;;1D3;;;. The van der Waals surface area contributed by atoms with Crippen molar-refractivity contribution in [2.75, 3.05) is 27.7 Å². The first-order chi connectivity index (χ1) is 43.6. The molecular weight excluding hydrogens is 1060 g/mol. The van der Waals surface area contributed by atoms with Crippen molar-refractivity contribution in [3.05, 3.63) is 89.5 Å². The van der Waals surface area contributed by atoms with Crippen LogP contribution >= 0.6 is 0 Å². The molecule has 3 aromatic rings. The third-order valence-electron chi connectivity index (χ3n) is 20.3. The third-order valence-corrected chi connectivity index (χ3v) is 20.3. The van der Waals surface area contributed by atoms with Crippen molar-refractivity contribution in [1.29, 1.82) is 0 Å². The summed E-state index contributed by atoms with van der Waals surface area (Å²) in [6.45, 7) is 11.4. The molecule has 15 aliphatic rings. The topological polar surface area (TPSA) is 239 Å². The van der Waals surface area contributed by atoms with Crippen LogP contribution in [0.2, 0.25) is 0 Å². The summed E-state index contributed by atoms with van der Waals surface area (Å²) in [5, 5.41) is 58.9. The second-order valence-corrected chi connectivity index (χ2v) is 24.5. The molecule has 3 saturated heterocycles. The molecule has 18 rings (SSSR count). The van der Waals surface area contributed by atoms with Crippen molar-refractivity contribution >= 4 is 11.8 Å². The Morgan fingerprint density at radius 1 is 0.542 bits per heavy atom. The molecule has 3 aliphatic heterocycles. The van der Waals surface area contributed by atoms with Crippen LogP contribution in [0.5, 0.6) is 17.2 Å². The lowest BCUT2D eigenvalue weighted by molar-refractivity contribution is -0.645. The van der Waals surface area contributed by atoms with Crippen molar-refractivity contribution in [3.8, 4) is 17.2 Å². The number of carbonyl (C=O) groups is 2. The van der Waals surface area contributed by atoms with Crippen LogP contribution in [0.3, 0.4) is 0 Å². The number of rotatable bonds is 8. The molecule has 4 unspecified atom stereocenters. The molecule has 0 aromatic heterocycles. The number of ketones is 1. The van der Waals surface area contributed by atoms with Gasteiger partial charge in [0.1, 0.15) is 47.4 Å². The summed E-state index contributed by atoms with van der Waals surface area (Å²) in [6.07, 6.45) is 9.56. The first-order valence-corrected chi connectivity index (χ1v) is 30.7. The van der Waals surface area contributed by atoms with Crippen LogP contribution in [0.1, 0.15) is 172 Å². The van der Waals surface area contributed by atoms with Gasteiger partial charge in [-0.15, -0.1) is 0 Å². The zero-order valence-corrected chi connectivity index (χ0v) is 48.7. The quantitative estimate of drug-likeness (QED) is 0.0908. The van der Waals surface area contributed by atoms with Crippen LogP contribution < -0.4 is 4.74 Å². The summed E-state index contributed by atoms with van der Waals surface area (Å²) in [7, 11) is -8.15. The maximum absolute atomic E-state index is 11.6. The highest BCUT2D eigenvalue weighted by molar-refractivity contribution is 5.89. The van der Waals surface area contributed by atoms with Gasteiger partial charge in [-0.25, -0.2) is 14.6 Å². The molecule has 3 heterocycles. The van der Waals surface area contributed by atoms with Crippen molar-refractivity contribution in [2.45, 2.75) is 191 Å². The summed E-state index contributed by atoms with van der Waals surface area (Å²) in [5.41, 5.74) is -0.790. The number of benzene rings is 3. The SMILES string of the molecule is CC.CC.CC.O=C1C2CC3CC(C2)CC1C3.[2H]C([2H])([2H])OC(=O)c1cccc(O)c1.[2H]C([2H])([2H])OC1(c2cccc(O)c2)OOC12C1CC3CC(C1)CC2C3.[2H]C([2H])([2H])OC1(c2cccc(O[C@@H]3OC(CO)[C@H](O)[C@H](O)C3O)c2)OOC12C1CC3CC(C1)CC2C3. The molecule has 0 amide bonds. The minimum absolute atomic E-state index is 0.00104. The van der Waals surface area contributed by atoms with Crippen LogP contribution in [0.4, 0.5) is 0 Å². The van der Waals surface area contributed by atoms with Crippen LogP contribution in [0.25, 0.3) is 0 Å². The molecule has 83 heavy (non-hydrogen) atoms. The van der Waals surface area contributed by atoms with E-state index in [1.54, 1.807) is 42.5 Å². The number of esters is 1. The fourth-order valence-corrected chi connectivity index (χ4v) is 17.5. The predicted octanol–water partition coefficient (Wildman–Crippen LogP) is 10.4. The Balaban J connectivity index is 0.000000154. The molecule has 17 nitrogen and oxygen atoms in total. The molecule has 12 aliphatic carbocycles. The fraction of sp³-hybridized carbons (Fsp3) is 0.697. The van der Waals surface area contributed by atoms with E-state index < -0.39 is 87.2 Å². The molecule has 0 radical (unpaired) electrons. The van der Waals surface area contributed by atoms with Crippen LogP contribution in [-0.4, -0.2) is 112 Å². The number of ether oxygens (including phenoxy) is 5. The van der Waals surface area contributed by atoms with E-state index in [1.807, 2.05) is 41.5 Å². The van der Waals surface area contributed by atoms with Crippen molar-refractivity contribution in [1.82, 2.24) is 0 Å². The Morgan fingerprint density at radius 2 is 0.976 bits per heavy atom. The van der Waals surface area contributed by atoms with Gasteiger partial charge in [0.2, 0.25) is 6.29 Å². The molecule has 15 fully saturated rings. The lowest BCUT2D eigenvalue weighted by atomic mass is 9.47. The van der Waals surface area contributed by atoms with E-state index in [9.17, 15) is 35.1 Å². The van der Waals surface area contributed by atoms with Crippen molar-refractivity contribution in [2.24, 2.45) is 71.0 Å². The third kappa shape index (κ3) is 11.2. The first kappa shape index (κ1) is 51.9. The Hall–Kier alpha value is -4.24. The smallest absolute Gasteiger partial charge is 0.337 e. The van der Waals surface area contributed by atoms with E-state index in [4.69, 9.17) is 55.9 Å². The number of phenolic OH excluding ortho intramolecular Hbond substituents is 2. The highest BCUT2D eigenvalue weighted by Crippen LogP contribution is 2.71. The lowest BCUT2D eigenvalue weighted by Gasteiger charge is -2.68. The maximum Gasteiger partial charge on any atom is 0.337 e. The molecule has 2 spiro atoms. The average molecular weight is 1170 g/mol. The van der Waals surface area contributed by atoms with E-state index in [0.717, 1.165) is 69.3 Å². The number of phenols is 2. The fourth-order valence-electron chi connectivity index (χ4n) is 17.5. The van der Waals surface area contributed by atoms with E-state index in [-0.39, 0.29) is 46.5 Å². The largest absolute Gasteiger partial charge is 0.508 e. The minimum atomic E-state index is -2.76. The number of hydrogen-bond donors (Lipinski definition) is 6. The highest BCUT2D eigenvalue weighted by atomic mass is 17.3. The van der Waals surface area contributed by atoms with Gasteiger partial charge in [0.25, 0.3) is 11.6 Å². The van der Waals surface area contributed by atoms with Crippen LogP contribution in [0, 0.1) is 71.0 Å². The second kappa shape index (κ2) is 26.4. The normalized spacial score (nSPS) is 43.5. The molecule has 17 heteroatoms. The van der Waals surface area contributed by atoms with E-state index in [0.29, 0.717) is 52.4 Å². The van der Waals surface area contributed by atoms with Gasteiger partial charge in [0.05, 0.1) is 31.5 Å². The van der Waals surface area contributed by atoms with Gasteiger partial charge in [-0.2, -0.15) is 9.78 Å². The molecule has 7 atom stereocenters. The van der Waals surface area contributed by atoms with Gasteiger partial charge in [-0.05, 0) is 198 Å². The second-order valence-electron chi connectivity index (χ2n) is 24.5. The Bertz CT molecular complexity index is 2890. The maximum atomic E-state index is 11.6. The number of hydrogen-bond acceptors (Lipinski definition) is 17. The van der Waals surface area contributed by atoms with Gasteiger partial charge >= 0.3 is 5.97 Å². The van der Waals surface area contributed by atoms with Crippen LogP contribution in [0.15, 0.2) is 72.8 Å². The Labute approximate surface area is 503 Å². The Kier molecular flexibility index (Phi) is 16.5.